The number of nitrogens with zero attached hydrogens (tertiary/aromatic N) is 2. The molecule has 0 fully saturated rings. The molecule has 45 heavy (non-hydrogen) atoms. The Hall–Kier alpha value is -4.14. The average Bonchev–Trinajstić information content (AvgIpc) is 2.98. The number of halogens is 1. The first-order valence-electron chi connectivity index (χ1n) is 14.8. The summed E-state index contributed by atoms with van der Waals surface area (Å²) < 4.78 is 29.5. The fourth-order valence-corrected chi connectivity index (χ4v) is 6.77. The molecule has 1 atom stereocenters. The zero-order chi connectivity index (χ0) is 32.8. The summed E-state index contributed by atoms with van der Waals surface area (Å²) in [5.74, 6) is -0.894. The van der Waals surface area contributed by atoms with Gasteiger partial charge in [0.1, 0.15) is 12.6 Å². The summed E-state index contributed by atoms with van der Waals surface area (Å²) in [4.78, 5) is 30.1. The summed E-state index contributed by atoms with van der Waals surface area (Å²) in [6, 6.07) is 29.1. The second kappa shape index (κ2) is 14.3. The van der Waals surface area contributed by atoms with Crippen LogP contribution in [-0.2, 0) is 32.6 Å². The second-order valence-electron chi connectivity index (χ2n) is 12.2. The third-order valence-corrected chi connectivity index (χ3v) is 9.33. The maximum atomic E-state index is 14.6. The van der Waals surface area contributed by atoms with Crippen molar-refractivity contribution < 1.29 is 18.0 Å². The Morgan fingerprint density at radius 2 is 1.38 bits per heavy atom. The van der Waals surface area contributed by atoms with Crippen LogP contribution in [0, 0.1) is 13.8 Å². The second-order valence-corrected chi connectivity index (χ2v) is 14.5. The Morgan fingerprint density at radius 1 is 0.822 bits per heavy atom. The Kier molecular flexibility index (Phi) is 10.7. The first-order chi connectivity index (χ1) is 21.2. The van der Waals surface area contributed by atoms with E-state index in [1.54, 1.807) is 48.5 Å². The lowest BCUT2D eigenvalue weighted by Gasteiger charge is -2.35. The van der Waals surface area contributed by atoms with Crippen molar-refractivity contribution >= 4 is 39.1 Å². The smallest absolute Gasteiger partial charge is 0.264 e. The van der Waals surface area contributed by atoms with Crippen molar-refractivity contribution in [3.05, 3.63) is 130 Å². The van der Waals surface area contributed by atoms with Crippen molar-refractivity contribution in [1.29, 1.82) is 0 Å². The standard InChI is InChI=1S/C36H40ClN3O4S/c1-26-20-27(2)22-30(21-26)40(45(43,44)31-17-10-7-11-18-31)25-34(41)39(24-29-16-12-13-19-32(29)37)33(35(42)38-36(3,4)5)23-28-14-8-6-9-15-28/h6-22,33H,23-25H2,1-5H3,(H,38,42)/t33-/m0/s1. The fraction of sp³-hybridized carbons (Fsp3) is 0.278. The van der Waals surface area contributed by atoms with Crippen LogP contribution >= 0.6 is 11.6 Å². The van der Waals surface area contributed by atoms with E-state index in [2.05, 4.69) is 5.32 Å². The minimum absolute atomic E-state index is 0.000358. The minimum Gasteiger partial charge on any atom is -0.350 e. The van der Waals surface area contributed by atoms with Gasteiger partial charge in [0.2, 0.25) is 11.8 Å². The fourth-order valence-electron chi connectivity index (χ4n) is 5.16. The Bertz CT molecular complexity index is 1720. The molecule has 7 nitrogen and oxygen atoms in total. The topological polar surface area (TPSA) is 86.8 Å². The van der Waals surface area contributed by atoms with Gasteiger partial charge in [-0.1, -0.05) is 84.4 Å². The molecule has 0 aliphatic heterocycles. The number of benzene rings is 4. The minimum atomic E-state index is -4.17. The predicted octanol–water partition coefficient (Wildman–Crippen LogP) is 6.71. The Morgan fingerprint density at radius 3 is 1.96 bits per heavy atom. The molecule has 0 aliphatic rings. The van der Waals surface area contributed by atoms with Gasteiger partial charge >= 0.3 is 0 Å². The van der Waals surface area contributed by atoms with Crippen LogP contribution in [0.1, 0.15) is 43.0 Å². The lowest BCUT2D eigenvalue weighted by Crippen LogP contribution is -2.56. The lowest BCUT2D eigenvalue weighted by atomic mass is 10.0. The summed E-state index contributed by atoms with van der Waals surface area (Å²) in [6.45, 7) is 8.85. The molecule has 0 saturated heterocycles. The van der Waals surface area contributed by atoms with Gasteiger partial charge in [-0.15, -0.1) is 0 Å². The average molecular weight is 646 g/mol. The van der Waals surface area contributed by atoms with Crippen molar-refractivity contribution in [2.45, 2.75) is 64.1 Å². The van der Waals surface area contributed by atoms with Crippen LogP contribution < -0.4 is 9.62 Å². The number of hydrogen-bond acceptors (Lipinski definition) is 4. The highest BCUT2D eigenvalue weighted by atomic mass is 35.5. The molecule has 4 rings (SSSR count). The summed E-state index contributed by atoms with van der Waals surface area (Å²) in [5.41, 5.74) is 2.98. The van der Waals surface area contributed by atoms with Gasteiger partial charge in [-0.3, -0.25) is 13.9 Å². The van der Waals surface area contributed by atoms with Crippen LogP contribution in [0.15, 0.2) is 108 Å². The largest absolute Gasteiger partial charge is 0.350 e. The maximum Gasteiger partial charge on any atom is 0.264 e. The van der Waals surface area contributed by atoms with Crippen molar-refractivity contribution in [1.82, 2.24) is 10.2 Å². The highest BCUT2D eigenvalue weighted by molar-refractivity contribution is 7.92. The molecule has 0 aromatic heterocycles. The number of nitrogens with one attached hydrogen (secondary N) is 1. The van der Waals surface area contributed by atoms with E-state index in [1.165, 1.54) is 17.0 Å². The first kappa shape index (κ1) is 33.7. The maximum absolute atomic E-state index is 14.6. The number of carbonyl (C=O) groups excluding carboxylic acids is 2. The molecular weight excluding hydrogens is 606 g/mol. The molecule has 0 spiro atoms. The van der Waals surface area contributed by atoms with Gasteiger partial charge in [-0.05, 0) is 87.2 Å². The summed E-state index contributed by atoms with van der Waals surface area (Å²) in [5, 5.41) is 3.47. The molecule has 0 saturated carbocycles. The third kappa shape index (κ3) is 8.96. The van der Waals surface area contributed by atoms with Crippen molar-refractivity contribution in [2.75, 3.05) is 10.8 Å². The normalized spacial score (nSPS) is 12.3. The van der Waals surface area contributed by atoms with Gasteiger partial charge in [0.15, 0.2) is 0 Å². The molecule has 0 aliphatic carbocycles. The van der Waals surface area contributed by atoms with E-state index in [0.717, 1.165) is 21.0 Å². The van der Waals surface area contributed by atoms with E-state index in [0.29, 0.717) is 16.3 Å². The van der Waals surface area contributed by atoms with E-state index in [1.807, 2.05) is 77.1 Å². The first-order valence-corrected chi connectivity index (χ1v) is 16.6. The van der Waals surface area contributed by atoms with Gasteiger partial charge in [0, 0.05) is 23.5 Å². The van der Waals surface area contributed by atoms with Crippen LogP contribution in [0.2, 0.25) is 5.02 Å². The van der Waals surface area contributed by atoms with Gasteiger partial charge in [-0.25, -0.2) is 8.42 Å². The Labute approximate surface area is 271 Å². The van der Waals surface area contributed by atoms with Gasteiger partial charge in [-0.2, -0.15) is 0 Å². The molecule has 0 heterocycles. The van der Waals surface area contributed by atoms with Gasteiger partial charge in [0.25, 0.3) is 10.0 Å². The lowest BCUT2D eigenvalue weighted by molar-refractivity contribution is -0.140. The highest BCUT2D eigenvalue weighted by Crippen LogP contribution is 2.28. The van der Waals surface area contributed by atoms with Crippen molar-refractivity contribution in [3.8, 4) is 0 Å². The number of amides is 2. The van der Waals surface area contributed by atoms with Crippen LogP contribution in [0.3, 0.4) is 0 Å². The molecule has 4 aromatic rings. The van der Waals surface area contributed by atoms with E-state index in [-0.39, 0.29) is 23.8 Å². The molecule has 1 N–H and O–H groups in total. The van der Waals surface area contributed by atoms with Crippen LogP contribution in [0.5, 0.6) is 0 Å². The van der Waals surface area contributed by atoms with E-state index < -0.39 is 34.1 Å². The number of rotatable bonds is 11. The van der Waals surface area contributed by atoms with Crippen molar-refractivity contribution in [3.63, 3.8) is 0 Å². The highest BCUT2D eigenvalue weighted by Gasteiger charge is 2.36. The van der Waals surface area contributed by atoms with Crippen LogP contribution in [0.4, 0.5) is 5.69 Å². The summed E-state index contributed by atoms with van der Waals surface area (Å²) in [7, 11) is -4.17. The number of aryl methyl sites for hydroxylation is 2. The van der Waals surface area contributed by atoms with Gasteiger partial charge < -0.3 is 10.2 Å². The van der Waals surface area contributed by atoms with E-state index in [4.69, 9.17) is 11.6 Å². The van der Waals surface area contributed by atoms with Crippen molar-refractivity contribution in [2.24, 2.45) is 0 Å². The Balaban J connectivity index is 1.84. The molecule has 0 unspecified atom stereocenters. The van der Waals surface area contributed by atoms with Crippen LogP contribution in [0.25, 0.3) is 0 Å². The zero-order valence-electron chi connectivity index (χ0n) is 26.3. The molecular formula is C36H40ClN3O4S. The van der Waals surface area contributed by atoms with Gasteiger partial charge in [0.05, 0.1) is 10.6 Å². The summed E-state index contributed by atoms with van der Waals surface area (Å²) in [6.07, 6.45) is 0.216. The number of carbonyl (C=O) groups is 2. The van der Waals surface area contributed by atoms with E-state index in [9.17, 15) is 18.0 Å². The quantitative estimate of drug-likeness (QED) is 0.197. The molecule has 0 radical (unpaired) electrons. The molecule has 0 bridgehead atoms. The summed E-state index contributed by atoms with van der Waals surface area (Å²) >= 11 is 6.57. The monoisotopic (exact) mass is 645 g/mol. The number of hydrogen-bond donors (Lipinski definition) is 1. The molecule has 236 valence electrons. The number of anilines is 1. The SMILES string of the molecule is Cc1cc(C)cc(N(CC(=O)N(Cc2ccccc2Cl)[C@@H](Cc2ccccc2)C(=O)NC(C)(C)C)S(=O)(=O)c2ccccc2)c1. The van der Waals surface area contributed by atoms with E-state index >= 15 is 0 Å². The number of sulfonamides is 1. The molecule has 2 amide bonds. The molecule has 9 heteroatoms. The predicted molar refractivity (Wildman–Crippen MR) is 181 cm³/mol. The zero-order valence-corrected chi connectivity index (χ0v) is 27.9. The van der Waals surface area contributed by atoms with Crippen LogP contribution in [-0.4, -0.2) is 43.3 Å². The third-order valence-electron chi connectivity index (χ3n) is 7.17. The molecule has 4 aromatic carbocycles.